The first kappa shape index (κ1) is 18.7. The van der Waals surface area contributed by atoms with E-state index in [2.05, 4.69) is 11.4 Å². The third kappa shape index (κ3) is 5.75. The summed E-state index contributed by atoms with van der Waals surface area (Å²) in [7, 11) is 1.67. The van der Waals surface area contributed by atoms with Gasteiger partial charge < -0.3 is 10.2 Å². The summed E-state index contributed by atoms with van der Waals surface area (Å²) in [6, 6.07) is 15.9. The minimum absolute atomic E-state index is 0.0274. The number of benzene rings is 2. The van der Waals surface area contributed by atoms with Crippen LogP contribution in [0.4, 0.5) is 5.69 Å². The molecule has 0 bridgehead atoms. The van der Waals surface area contributed by atoms with Crippen LogP contribution < -0.4 is 5.32 Å². The lowest BCUT2D eigenvalue weighted by molar-refractivity contribution is -0.133. The summed E-state index contributed by atoms with van der Waals surface area (Å²) in [4.78, 5) is 26.0. The first-order valence-electron chi connectivity index (χ1n) is 8.67. The topological polar surface area (TPSA) is 49.4 Å². The fourth-order valence-corrected chi connectivity index (χ4v) is 2.75. The Morgan fingerprint density at radius 2 is 1.84 bits per heavy atom. The van der Waals surface area contributed by atoms with E-state index in [0.29, 0.717) is 12.8 Å². The first-order chi connectivity index (χ1) is 12.0. The smallest absolute Gasteiger partial charge is 0.243 e. The Hall–Kier alpha value is -2.62. The van der Waals surface area contributed by atoms with Crippen molar-refractivity contribution in [2.24, 2.45) is 0 Å². The highest BCUT2D eigenvalue weighted by atomic mass is 16.2. The lowest BCUT2D eigenvalue weighted by atomic mass is 10.1. The predicted octanol–water partition coefficient (Wildman–Crippen LogP) is 3.59. The zero-order valence-corrected chi connectivity index (χ0v) is 15.2. The van der Waals surface area contributed by atoms with Crippen LogP contribution in [0.15, 0.2) is 48.5 Å². The van der Waals surface area contributed by atoms with Gasteiger partial charge in [0.05, 0.1) is 6.54 Å². The zero-order valence-electron chi connectivity index (χ0n) is 15.2. The maximum atomic E-state index is 12.3. The molecule has 132 valence electrons. The quantitative estimate of drug-likeness (QED) is 0.839. The Morgan fingerprint density at radius 3 is 2.56 bits per heavy atom. The number of aryl methyl sites for hydroxylation is 3. The highest BCUT2D eigenvalue weighted by Crippen LogP contribution is 2.15. The molecule has 25 heavy (non-hydrogen) atoms. The molecule has 4 nitrogen and oxygen atoms in total. The second-order valence-corrected chi connectivity index (χ2v) is 6.30. The molecular weight excluding hydrogens is 312 g/mol. The SMILES string of the molecule is CCc1ccccc1NC(=O)CN(C)C(=O)CCc1cccc(C)c1. The zero-order chi connectivity index (χ0) is 18.2. The fourth-order valence-electron chi connectivity index (χ4n) is 2.75. The van der Waals surface area contributed by atoms with Crippen LogP contribution in [0.25, 0.3) is 0 Å². The standard InChI is InChI=1S/C21H26N2O2/c1-4-18-10-5-6-11-19(18)22-20(24)15-23(3)21(25)13-12-17-9-7-8-16(2)14-17/h5-11,14H,4,12-13,15H2,1-3H3,(H,22,24). The number of rotatable bonds is 7. The number of likely N-dealkylation sites (N-methyl/N-ethyl adjacent to an activating group) is 1. The molecule has 0 aliphatic rings. The van der Waals surface area contributed by atoms with E-state index in [1.165, 1.54) is 10.5 Å². The molecule has 0 aliphatic heterocycles. The molecule has 2 amide bonds. The second-order valence-electron chi connectivity index (χ2n) is 6.30. The van der Waals surface area contributed by atoms with Crippen molar-refractivity contribution in [3.63, 3.8) is 0 Å². The highest BCUT2D eigenvalue weighted by molar-refractivity contribution is 5.95. The Labute approximate surface area is 149 Å². The van der Waals surface area contributed by atoms with E-state index in [9.17, 15) is 9.59 Å². The number of hydrogen-bond acceptors (Lipinski definition) is 2. The van der Waals surface area contributed by atoms with Gasteiger partial charge in [0.1, 0.15) is 0 Å². The van der Waals surface area contributed by atoms with Crippen molar-refractivity contribution in [2.75, 3.05) is 18.9 Å². The Balaban J connectivity index is 1.84. The van der Waals surface area contributed by atoms with Crippen LogP contribution in [0.5, 0.6) is 0 Å². The lowest BCUT2D eigenvalue weighted by Crippen LogP contribution is -2.35. The monoisotopic (exact) mass is 338 g/mol. The molecule has 0 atom stereocenters. The van der Waals surface area contributed by atoms with Gasteiger partial charge in [-0.05, 0) is 37.0 Å². The van der Waals surface area contributed by atoms with Crippen molar-refractivity contribution < 1.29 is 9.59 Å². The third-order valence-corrected chi connectivity index (χ3v) is 4.19. The van der Waals surface area contributed by atoms with E-state index in [4.69, 9.17) is 0 Å². The molecule has 4 heteroatoms. The van der Waals surface area contributed by atoms with Crippen molar-refractivity contribution in [3.05, 3.63) is 65.2 Å². The number of carbonyl (C=O) groups excluding carboxylic acids is 2. The van der Waals surface area contributed by atoms with Gasteiger partial charge in [0.25, 0.3) is 0 Å². The van der Waals surface area contributed by atoms with Crippen LogP contribution in [-0.4, -0.2) is 30.3 Å². The van der Waals surface area contributed by atoms with Gasteiger partial charge in [-0.15, -0.1) is 0 Å². The van der Waals surface area contributed by atoms with Crippen LogP contribution in [-0.2, 0) is 22.4 Å². The van der Waals surface area contributed by atoms with Crippen molar-refractivity contribution in [3.8, 4) is 0 Å². The van der Waals surface area contributed by atoms with E-state index in [1.54, 1.807) is 7.05 Å². The Morgan fingerprint density at radius 1 is 1.08 bits per heavy atom. The third-order valence-electron chi connectivity index (χ3n) is 4.19. The maximum absolute atomic E-state index is 12.3. The average molecular weight is 338 g/mol. The summed E-state index contributed by atoms with van der Waals surface area (Å²) in [6.45, 7) is 4.15. The number of para-hydroxylation sites is 1. The minimum atomic E-state index is -0.174. The molecule has 2 rings (SSSR count). The number of amides is 2. The van der Waals surface area contributed by atoms with Crippen molar-refractivity contribution in [1.29, 1.82) is 0 Å². The van der Waals surface area contributed by atoms with Crippen LogP contribution >= 0.6 is 0 Å². The summed E-state index contributed by atoms with van der Waals surface area (Å²) in [6.07, 6.45) is 1.94. The van der Waals surface area contributed by atoms with Crippen molar-refractivity contribution in [2.45, 2.75) is 33.1 Å². The molecule has 0 unspecified atom stereocenters. The van der Waals surface area contributed by atoms with Gasteiger partial charge in [0, 0.05) is 19.2 Å². The number of anilines is 1. The number of carbonyl (C=O) groups is 2. The molecule has 1 N–H and O–H groups in total. The summed E-state index contributed by atoms with van der Waals surface area (Å²) in [5.74, 6) is -0.201. The molecule has 0 spiro atoms. The summed E-state index contributed by atoms with van der Waals surface area (Å²) in [5, 5.41) is 2.90. The van der Waals surface area contributed by atoms with Crippen LogP contribution in [0.3, 0.4) is 0 Å². The summed E-state index contributed by atoms with van der Waals surface area (Å²) in [5.41, 5.74) is 4.23. The molecule has 0 saturated heterocycles. The Kier molecular flexibility index (Phi) is 6.75. The van der Waals surface area contributed by atoms with Crippen LogP contribution in [0, 0.1) is 6.92 Å². The van der Waals surface area contributed by atoms with E-state index in [0.717, 1.165) is 23.2 Å². The van der Waals surface area contributed by atoms with E-state index >= 15 is 0 Å². The van der Waals surface area contributed by atoms with Gasteiger partial charge in [-0.3, -0.25) is 9.59 Å². The number of hydrogen-bond donors (Lipinski definition) is 1. The molecule has 2 aromatic rings. The van der Waals surface area contributed by atoms with E-state index < -0.39 is 0 Å². The molecule has 0 radical (unpaired) electrons. The molecule has 2 aromatic carbocycles. The average Bonchev–Trinajstić information content (AvgIpc) is 2.60. The van der Waals surface area contributed by atoms with Gasteiger partial charge in [-0.25, -0.2) is 0 Å². The van der Waals surface area contributed by atoms with Crippen LogP contribution in [0.1, 0.15) is 30.0 Å². The maximum Gasteiger partial charge on any atom is 0.243 e. The largest absolute Gasteiger partial charge is 0.336 e. The van der Waals surface area contributed by atoms with Gasteiger partial charge in [-0.2, -0.15) is 0 Å². The number of nitrogens with zero attached hydrogens (tertiary/aromatic N) is 1. The number of nitrogens with one attached hydrogen (secondary N) is 1. The highest BCUT2D eigenvalue weighted by Gasteiger charge is 2.14. The van der Waals surface area contributed by atoms with Gasteiger partial charge in [-0.1, -0.05) is 55.0 Å². The lowest BCUT2D eigenvalue weighted by Gasteiger charge is -2.17. The molecule has 0 heterocycles. The normalized spacial score (nSPS) is 10.4. The summed E-state index contributed by atoms with van der Waals surface area (Å²) < 4.78 is 0. The summed E-state index contributed by atoms with van der Waals surface area (Å²) >= 11 is 0. The molecule has 0 fully saturated rings. The molecule has 0 aromatic heterocycles. The van der Waals surface area contributed by atoms with Gasteiger partial charge >= 0.3 is 0 Å². The molecule has 0 saturated carbocycles. The fraction of sp³-hybridized carbons (Fsp3) is 0.333. The predicted molar refractivity (Wildman–Crippen MR) is 102 cm³/mol. The van der Waals surface area contributed by atoms with Crippen molar-refractivity contribution >= 4 is 17.5 Å². The minimum Gasteiger partial charge on any atom is -0.336 e. The van der Waals surface area contributed by atoms with Gasteiger partial charge in [0.2, 0.25) is 11.8 Å². The Bertz CT molecular complexity index is 740. The van der Waals surface area contributed by atoms with Gasteiger partial charge in [0.15, 0.2) is 0 Å². The van der Waals surface area contributed by atoms with Crippen molar-refractivity contribution in [1.82, 2.24) is 4.90 Å². The first-order valence-corrected chi connectivity index (χ1v) is 8.67. The molecular formula is C21H26N2O2. The molecule has 0 aliphatic carbocycles. The van der Waals surface area contributed by atoms with E-state index in [1.807, 2.05) is 56.3 Å². The second kappa shape index (κ2) is 9.02. The van der Waals surface area contributed by atoms with Crippen LogP contribution in [0.2, 0.25) is 0 Å². The van der Waals surface area contributed by atoms with E-state index in [-0.39, 0.29) is 18.4 Å².